The number of hydrazone groups is 1. The molecule has 6 heteroatoms. The highest BCUT2D eigenvalue weighted by Gasteiger charge is 2.27. The van der Waals surface area contributed by atoms with Gasteiger partial charge in [-0.3, -0.25) is 4.79 Å². The van der Waals surface area contributed by atoms with Crippen molar-refractivity contribution in [2.24, 2.45) is 12.1 Å². The van der Waals surface area contributed by atoms with Crippen molar-refractivity contribution in [3.8, 4) is 11.5 Å². The lowest BCUT2D eigenvalue weighted by molar-refractivity contribution is -0.130. The highest BCUT2D eigenvalue weighted by Crippen LogP contribution is 2.35. The lowest BCUT2D eigenvalue weighted by Crippen LogP contribution is -2.42. The summed E-state index contributed by atoms with van der Waals surface area (Å²) in [6.45, 7) is 0.140. The molecule has 6 nitrogen and oxygen atoms in total. The highest BCUT2D eigenvalue weighted by atomic mass is 16.6. The number of hydrogen-bond donors (Lipinski definition) is 1. The molecule has 2 heterocycles. The predicted octanol–water partition coefficient (Wildman–Crippen LogP) is 3.62. The molecule has 1 aliphatic heterocycles. The molecule has 0 saturated heterocycles. The van der Waals surface area contributed by atoms with E-state index in [1.165, 1.54) is 0 Å². The third-order valence-corrected chi connectivity index (χ3v) is 5.07. The molecule has 0 aliphatic carbocycles. The molecule has 3 aromatic carbocycles. The molecule has 1 aliphatic rings. The lowest BCUT2D eigenvalue weighted by Gasteiger charge is -2.25. The van der Waals surface area contributed by atoms with E-state index < -0.39 is 6.10 Å². The molecule has 0 bridgehead atoms. The summed E-state index contributed by atoms with van der Waals surface area (Å²) in [7, 11) is 1.98. The summed E-state index contributed by atoms with van der Waals surface area (Å²) in [5, 5.41) is 7.29. The van der Waals surface area contributed by atoms with E-state index in [-0.39, 0.29) is 12.5 Å². The van der Waals surface area contributed by atoms with Crippen molar-refractivity contribution in [1.29, 1.82) is 0 Å². The Morgan fingerprint density at radius 1 is 1.10 bits per heavy atom. The first-order chi connectivity index (χ1) is 14.2. The molecule has 29 heavy (non-hydrogen) atoms. The maximum atomic E-state index is 12.5. The van der Waals surface area contributed by atoms with E-state index in [4.69, 9.17) is 9.47 Å². The predicted molar refractivity (Wildman–Crippen MR) is 113 cm³/mol. The standard InChI is InChI=1S/C23H19N3O3/c1-26-13-17(18-8-4-5-9-19(18)26)12-24-25-23(27)22-14-28-20-10-15-6-2-3-7-16(15)11-21(20)29-22/h2-13,22H,14H2,1H3,(H,25,27)/b24-12-/t22-/m0/s1. The van der Waals surface area contributed by atoms with Crippen LogP contribution in [0.25, 0.3) is 21.7 Å². The zero-order chi connectivity index (χ0) is 19.8. The largest absolute Gasteiger partial charge is 0.485 e. The van der Waals surface area contributed by atoms with Crippen molar-refractivity contribution in [2.75, 3.05) is 6.61 Å². The number of nitrogens with one attached hydrogen (secondary N) is 1. The lowest BCUT2D eigenvalue weighted by atomic mass is 10.1. The molecule has 4 aromatic rings. The van der Waals surface area contributed by atoms with Crippen molar-refractivity contribution in [3.05, 3.63) is 72.4 Å². The molecule has 1 amide bonds. The number of hydrogen-bond acceptors (Lipinski definition) is 4. The van der Waals surface area contributed by atoms with Gasteiger partial charge >= 0.3 is 0 Å². The van der Waals surface area contributed by atoms with Crippen LogP contribution in [-0.4, -0.2) is 29.4 Å². The quantitative estimate of drug-likeness (QED) is 0.433. The minimum absolute atomic E-state index is 0.140. The SMILES string of the molecule is Cn1cc(/C=N\NC(=O)[C@@H]2COc3cc4ccccc4cc3O2)c2ccccc21. The Morgan fingerprint density at radius 3 is 2.66 bits per heavy atom. The van der Waals surface area contributed by atoms with E-state index in [1.807, 2.05) is 78.5 Å². The van der Waals surface area contributed by atoms with Crippen molar-refractivity contribution in [1.82, 2.24) is 9.99 Å². The van der Waals surface area contributed by atoms with Crippen LogP contribution in [0, 0.1) is 0 Å². The number of fused-ring (bicyclic) bond motifs is 3. The smallest absolute Gasteiger partial charge is 0.284 e. The fraction of sp³-hybridized carbons (Fsp3) is 0.130. The molecule has 1 atom stereocenters. The Morgan fingerprint density at radius 2 is 1.83 bits per heavy atom. The van der Waals surface area contributed by atoms with E-state index in [1.54, 1.807) is 6.21 Å². The minimum Gasteiger partial charge on any atom is -0.485 e. The third-order valence-electron chi connectivity index (χ3n) is 5.07. The number of benzene rings is 3. The summed E-state index contributed by atoms with van der Waals surface area (Å²) >= 11 is 0. The van der Waals surface area contributed by atoms with Gasteiger partial charge < -0.3 is 14.0 Å². The van der Waals surface area contributed by atoms with Gasteiger partial charge in [0.25, 0.3) is 5.91 Å². The zero-order valence-electron chi connectivity index (χ0n) is 15.8. The second kappa shape index (κ2) is 6.98. The second-order valence-corrected chi connectivity index (χ2v) is 7.01. The number of aromatic nitrogens is 1. The number of nitrogens with zero attached hydrogens (tertiary/aromatic N) is 2. The van der Waals surface area contributed by atoms with E-state index in [0.29, 0.717) is 11.5 Å². The molecular formula is C23H19N3O3. The number of amides is 1. The van der Waals surface area contributed by atoms with Crippen LogP contribution in [0.4, 0.5) is 0 Å². The summed E-state index contributed by atoms with van der Waals surface area (Å²) in [4.78, 5) is 12.5. The van der Waals surface area contributed by atoms with Gasteiger partial charge in [0.1, 0.15) is 6.61 Å². The average molecular weight is 385 g/mol. The van der Waals surface area contributed by atoms with Gasteiger partial charge in [0.15, 0.2) is 11.5 Å². The fourth-order valence-electron chi connectivity index (χ4n) is 3.60. The zero-order valence-corrected chi connectivity index (χ0v) is 15.8. The summed E-state index contributed by atoms with van der Waals surface area (Å²) in [6.07, 6.45) is 2.86. The fourth-order valence-corrected chi connectivity index (χ4v) is 3.60. The van der Waals surface area contributed by atoms with Gasteiger partial charge in [0, 0.05) is 29.7 Å². The van der Waals surface area contributed by atoms with Crippen molar-refractivity contribution >= 4 is 33.8 Å². The van der Waals surface area contributed by atoms with Crippen molar-refractivity contribution in [3.63, 3.8) is 0 Å². The van der Waals surface area contributed by atoms with Gasteiger partial charge in [0.05, 0.1) is 6.21 Å². The van der Waals surface area contributed by atoms with E-state index in [9.17, 15) is 4.79 Å². The number of carbonyl (C=O) groups excluding carboxylic acids is 1. The third kappa shape index (κ3) is 3.18. The molecule has 1 aromatic heterocycles. The Hall–Kier alpha value is -3.80. The topological polar surface area (TPSA) is 64.9 Å². The number of carbonyl (C=O) groups is 1. The molecule has 0 unspecified atom stereocenters. The first kappa shape index (κ1) is 17.3. The molecule has 0 saturated carbocycles. The second-order valence-electron chi connectivity index (χ2n) is 7.01. The number of ether oxygens (including phenoxy) is 2. The van der Waals surface area contributed by atoms with Crippen LogP contribution in [0.2, 0.25) is 0 Å². The van der Waals surface area contributed by atoms with Crippen LogP contribution in [0.3, 0.4) is 0 Å². The van der Waals surface area contributed by atoms with Crippen molar-refractivity contribution in [2.45, 2.75) is 6.10 Å². The summed E-state index contributed by atoms with van der Waals surface area (Å²) in [6, 6.07) is 19.8. The average Bonchev–Trinajstić information content (AvgIpc) is 3.07. The van der Waals surface area contributed by atoms with Gasteiger partial charge in [-0.1, -0.05) is 42.5 Å². The monoisotopic (exact) mass is 385 g/mol. The van der Waals surface area contributed by atoms with Gasteiger partial charge in [-0.2, -0.15) is 5.10 Å². The Bertz CT molecular complexity index is 1260. The van der Waals surface area contributed by atoms with E-state index >= 15 is 0 Å². The molecule has 0 radical (unpaired) electrons. The van der Waals surface area contributed by atoms with E-state index in [0.717, 1.165) is 27.2 Å². The Balaban J connectivity index is 1.30. The first-order valence-corrected chi connectivity index (χ1v) is 9.38. The number of para-hydroxylation sites is 1. The normalized spacial score (nSPS) is 15.8. The van der Waals surface area contributed by atoms with Gasteiger partial charge in [-0.25, -0.2) is 5.43 Å². The molecule has 0 fully saturated rings. The summed E-state index contributed by atoms with van der Waals surface area (Å²) in [5.74, 6) is 0.862. The molecular weight excluding hydrogens is 366 g/mol. The number of rotatable bonds is 3. The van der Waals surface area contributed by atoms with Gasteiger partial charge in [0.2, 0.25) is 6.10 Å². The summed E-state index contributed by atoms with van der Waals surface area (Å²) in [5.41, 5.74) is 4.60. The minimum atomic E-state index is -0.756. The Kier molecular flexibility index (Phi) is 4.17. The van der Waals surface area contributed by atoms with E-state index in [2.05, 4.69) is 10.5 Å². The van der Waals surface area contributed by atoms with Crippen LogP contribution < -0.4 is 14.9 Å². The van der Waals surface area contributed by atoms with Crippen LogP contribution >= 0.6 is 0 Å². The molecule has 1 N–H and O–H groups in total. The van der Waals surface area contributed by atoms with Crippen LogP contribution in [0.5, 0.6) is 11.5 Å². The Labute approximate surface area is 167 Å². The van der Waals surface area contributed by atoms with Gasteiger partial charge in [-0.05, 0) is 29.0 Å². The maximum Gasteiger partial charge on any atom is 0.284 e. The molecule has 5 rings (SSSR count). The maximum absolute atomic E-state index is 12.5. The van der Waals surface area contributed by atoms with Crippen LogP contribution in [-0.2, 0) is 11.8 Å². The molecule has 144 valence electrons. The van der Waals surface area contributed by atoms with Crippen LogP contribution in [0.15, 0.2) is 72.0 Å². The first-order valence-electron chi connectivity index (χ1n) is 9.38. The summed E-state index contributed by atoms with van der Waals surface area (Å²) < 4.78 is 13.6. The number of aryl methyl sites for hydroxylation is 1. The van der Waals surface area contributed by atoms with Crippen LogP contribution in [0.1, 0.15) is 5.56 Å². The molecule has 0 spiro atoms. The van der Waals surface area contributed by atoms with Gasteiger partial charge in [-0.15, -0.1) is 0 Å². The highest BCUT2D eigenvalue weighted by molar-refractivity contribution is 5.99. The van der Waals surface area contributed by atoms with Crippen molar-refractivity contribution < 1.29 is 14.3 Å².